The summed E-state index contributed by atoms with van der Waals surface area (Å²) in [5, 5.41) is 0. The molecule has 1 heterocycles. The van der Waals surface area contributed by atoms with E-state index in [1.54, 1.807) is 27.7 Å². The predicted octanol–water partition coefficient (Wildman–Crippen LogP) is 1.19. The van der Waals surface area contributed by atoms with E-state index in [0.29, 0.717) is 6.61 Å². The fourth-order valence-electron chi connectivity index (χ4n) is 2.46. The molecule has 1 saturated carbocycles. The Morgan fingerprint density at radius 3 is 2.42 bits per heavy atom. The van der Waals surface area contributed by atoms with E-state index in [2.05, 4.69) is 0 Å². The lowest BCUT2D eigenvalue weighted by Crippen LogP contribution is -2.40. The first kappa shape index (κ1) is 13.8. The van der Waals surface area contributed by atoms with Gasteiger partial charge in [0.25, 0.3) is 0 Å². The van der Waals surface area contributed by atoms with Crippen molar-refractivity contribution in [1.82, 2.24) is 4.90 Å². The molecule has 2 aliphatic rings. The summed E-state index contributed by atoms with van der Waals surface area (Å²) in [4.78, 5) is 36.5. The fourth-order valence-corrected chi connectivity index (χ4v) is 2.46. The maximum atomic E-state index is 12.0. The highest BCUT2D eigenvalue weighted by atomic mass is 16.6. The number of likely N-dealkylation sites (tertiary alicyclic amines) is 1. The van der Waals surface area contributed by atoms with Crippen molar-refractivity contribution in [1.29, 1.82) is 0 Å². The molecule has 0 aromatic rings. The molecule has 0 N–H and O–H groups in total. The van der Waals surface area contributed by atoms with Crippen LogP contribution in [0.25, 0.3) is 0 Å². The van der Waals surface area contributed by atoms with Crippen LogP contribution in [-0.2, 0) is 19.1 Å². The van der Waals surface area contributed by atoms with Crippen molar-refractivity contribution in [3.63, 3.8) is 0 Å². The zero-order valence-electron chi connectivity index (χ0n) is 11.6. The molecule has 3 atom stereocenters. The first-order chi connectivity index (χ1) is 8.76. The van der Waals surface area contributed by atoms with Crippen molar-refractivity contribution in [2.45, 2.75) is 33.3 Å². The molecule has 106 valence electrons. The van der Waals surface area contributed by atoms with Crippen LogP contribution in [-0.4, -0.2) is 41.6 Å². The molecule has 6 nitrogen and oxygen atoms in total. The second-order valence-electron chi connectivity index (χ2n) is 5.90. The molecular formula is C13H19NO5. The second kappa shape index (κ2) is 4.51. The Morgan fingerprint density at radius 2 is 2.00 bits per heavy atom. The summed E-state index contributed by atoms with van der Waals surface area (Å²) in [7, 11) is 0. The normalized spacial score (nSPS) is 28.9. The zero-order chi connectivity index (χ0) is 14.4. The molecule has 1 aliphatic heterocycles. The van der Waals surface area contributed by atoms with E-state index in [9.17, 15) is 14.4 Å². The average Bonchev–Trinajstić information content (AvgIpc) is 2.88. The van der Waals surface area contributed by atoms with E-state index in [0.717, 1.165) is 4.90 Å². The topological polar surface area (TPSA) is 72.9 Å². The third kappa shape index (κ3) is 2.57. The van der Waals surface area contributed by atoms with Crippen molar-refractivity contribution < 1.29 is 23.9 Å². The van der Waals surface area contributed by atoms with Crippen LogP contribution in [0.15, 0.2) is 0 Å². The molecule has 0 bridgehead atoms. The van der Waals surface area contributed by atoms with Crippen molar-refractivity contribution in [2.24, 2.45) is 17.8 Å². The van der Waals surface area contributed by atoms with Gasteiger partial charge < -0.3 is 9.47 Å². The molecule has 0 aromatic carbocycles. The molecular weight excluding hydrogens is 250 g/mol. The van der Waals surface area contributed by atoms with Gasteiger partial charge in [-0.05, 0) is 27.7 Å². The second-order valence-corrected chi connectivity index (χ2v) is 5.90. The Balaban J connectivity index is 1.93. The minimum atomic E-state index is -0.634. The summed E-state index contributed by atoms with van der Waals surface area (Å²) in [5.74, 6) is -1.52. The fraction of sp³-hybridized carbons (Fsp3) is 0.769. The summed E-state index contributed by atoms with van der Waals surface area (Å²) < 4.78 is 10.1. The summed E-state index contributed by atoms with van der Waals surface area (Å²) in [6, 6.07) is 0. The zero-order valence-corrected chi connectivity index (χ0v) is 11.6. The molecule has 0 spiro atoms. The van der Waals surface area contributed by atoms with Gasteiger partial charge in [-0.2, -0.15) is 0 Å². The van der Waals surface area contributed by atoms with Crippen LogP contribution in [0, 0.1) is 17.8 Å². The van der Waals surface area contributed by atoms with Crippen molar-refractivity contribution in [3.05, 3.63) is 0 Å². The number of esters is 1. The number of carbonyl (C=O) groups excluding carboxylic acids is 3. The third-order valence-electron chi connectivity index (χ3n) is 3.29. The van der Waals surface area contributed by atoms with Gasteiger partial charge in [0, 0.05) is 12.5 Å². The lowest BCUT2D eigenvalue weighted by atomic mass is 10.2. The maximum Gasteiger partial charge on any atom is 0.417 e. The molecule has 2 fully saturated rings. The van der Waals surface area contributed by atoms with Gasteiger partial charge in [0.05, 0.1) is 18.4 Å². The van der Waals surface area contributed by atoms with E-state index in [1.807, 2.05) is 0 Å². The number of nitrogens with zero attached hydrogens (tertiary/aromatic N) is 1. The van der Waals surface area contributed by atoms with Crippen LogP contribution in [0.1, 0.15) is 27.7 Å². The molecule has 6 heteroatoms. The van der Waals surface area contributed by atoms with Gasteiger partial charge >= 0.3 is 12.1 Å². The Bertz CT molecular complexity index is 425. The number of rotatable bonds is 2. The lowest BCUT2D eigenvalue weighted by molar-refractivity contribution is -0.147. The van der Waals surface area contributed by atoms with Crippen molar-refractivity contribution >= 4 is 18.0 Å². The maximum absolute atomic E-state index is 12.0. The highest BCUT2D eigenvalue weighted by molar-refractivity contribution is 6.01. The summed E-state index contributed by atoms with van der Waals surface area (Å²) in [6.07, 6.45) is -0.632. The SMILES string of the molecule is CCOC(=O)C1C2CN(C(=O)OC(C)(C)C)C(=O)C21. The van der Waals surface area contributed by atoms with Crippen molar-refractivity contribution in [3.8, 4) is 0 Å². The number of carbonyl (C=O) groups is 3. The molecule has 3 unspecified atom stereocenters. The predicted molar refractivity (Wildman–Crippen MR) is 65.1 cm³/mol. The first-order valence-corrected chi connectivity index (χ1v) is 6.47. The molecule has 0 aromatic heterocycles. The van der Waals surface area contributed by atoms with E-state index < -0.39 is 17.6 Å². The molecule has 0 radical (unpaired) electrons. The van der Waals surface area contributed by atoms with E-state index in [-0.39, 0.29) is 30.3 Å². The molecule has 1 saturated heterocycles. The Labute approximate surface area is 112 Å². The van der Waals surface area contributed by atoms with Crippen molar-refractivity contribution in [2.75, 3.05) is 13.2 Å². The summed E-state index contributed by atoms with van der Waals surface area (Å²) in [6.45, 7) is 7.51. The smallest absolute Gasteiger partial charge is 0.417 e. The van der Waals surface area contributed by atoms with Gasteiger partial charge in [-0.3, -0.25) is 9.59 Å². The largest absolute Gasteiger partial charge is 0.466 e. The van der Waals surface area contributed by atoms with Crippen LogP contribution in [0.5, 0.6) is 0 Å². The minimum Gasteiger partial charge on any atom is -0.466 e. The van der Waals surface area contributed by atoms with Gasteiger partial charge in [-0.15, -0.1) is 0 Å². The van der Waals surface area contributed by atoms with Crippen LogP contribution >= 0.6 is 0 Å². The Morgan fingerprint density at radius 1 is 1.37 bits per heavy atom. The first-order valence-electron chi connectivity index (χ1n) is 6.47. The average molecular weight is 269 g/mol. The number of amides is 2. The highest BCUT2D eigenvalue weighted by Gasteiger charge is 2.67. The van der Waals surface area contributed by atoms with Crippen LogP contribution in [0.2, 0.25) is 0 Å². The van der Waals surface area contributed by atoms with Gasteiger partial charge in [-0.1, -0.05) is 0 Å². The number of ether oxygens (including phenoxy) is 2. The van der Waals surface area contributed by atoms with Gasteiger partial charge in [-0.25, -0.2) is 9.69 Å². The van der Waals surface area contributed by atoms with Gasteiger partial charge in [0.15, 0.2) is 0 Å². The van der Waals surface area contributed by atoms with Gasteiger partial charge in [0.2, 0.25) is 5.91 Å². The molecule has 1 aliphatic carbocycles. The summed E-state index contributed by atoms with van der Waals surface area (Å²) in [5.41, 5.74) is -0.634. The van der Waals surface area contributed by atoms with E-state index >= 15 is 0 Å². The van der Waals surface area contributed by atoms with Crippen LogP contribution in [0.4, 0.5) is 4.79 Å². The summed E-state index contributed by atoms with van der Waals surface area (Å²) >= 11 is 0. The highest BCUT2D eigenvalue weighted by Crippen LogP contribution is 2.53. The van der Waals surface area contributed by atoms with E-state index in [4.69, 9.17) is 9.47 Å². The number of hydrogen-bond donors (Lipinski definition) is 0. The van der Waals surface area contributed by atoms with Crippen LogP contribution < -0.4 is 0 Å². The standard InChI is InChI=1S/C13H19NO5/c1-5-18-11(16)9-7-6-14(10(15)8(7)9)12(17)19-13(2,3)4/h7-9H,5-6H2,1-4H3. The van der Waals surface area contributed by atoms with Gasteiger partial charge in [0.1, 0.15) is 5.60 Å². The molecule has 2 rings (SSSR count). The lowest BCUT2D eigenvalue weighted by Gasteiger charge is -2.24. The number of imide groups is 1. The van der Waals surface area contributed by atoms with Crippen LogP contribution in [0.3, 0.4) is 0 Å². The molecule has 19 heavy (non-hydrogen) atoms. The minimum absolute atomic E-state index is 0.0981. The quantitative estimate of drug-likeness (QED) is 0.704. The Kier molecular flexibility index (Phi) is 3.28. The Hall–Kier alpha value is -1.59. The third-order valence-corrected chi connectivity index (χ3v) is 3.29. The number of piperidine rings is 1. The monoisotopic (exact) mass is 269 g/mol. The number of fused-ring (bicyclic) bond motifs is 1. The molecule has 2 amide bonds. The number of hydrogen-bond acceptors (Lipinski definition) is 5. The van der Waals surface area contributed by atoms with E-state index in [1.165, 1.54) is 0 Å².